The summed E-state index contributed by atoms with van der Waals surface area (Å²) in [6.07, 6.45) is 1.75. The minimum atomic E-state index is -0.208. The van der Waals surface area contributed by atoms with Crippen LogP contribution < -0.4 is 10.4 Å². The van der Waals surface area contributed by atoms with Gasteiger partial charge in [-0.15, -0.1) is 11.3 Å². The third-order valence-corrected chi connectivity index (χ3v) is 7.57. The molecule has 0 atom stereocenters. The van der Waals surface area contributed by atoms with Gasteiger partial charge in [0, 0.05) is 28.6 Å². The molecule has 5 rings (SSSR count). The second kappa shape index (κ2) is 9.83. The minimum Gasteiger partial charge on any atom is -0.283 e. The molecule has 0 unspecified atom stereocenters. The number of hydrogen-bond acceptors (Lipinski definition) is 5. The van der Waals surface area contributed by atoms with E-state index in [1.807, 2.05) is 66.5 Å². The second-order valence-corrected chi connectivity index (χ2v) is 10.1. The van der Waals surface area contributed by atoms with Crippen LogP contribution in [0.4, 0.5) is 5.69 Å². The second-order valence-electron chi connectivity index (χ2n) is 7.66. The first-order valence-electron chi connectivity index (χ1n) is 10.6. The maximum absolute atomic E-state index is 13.4. The van der Waals surface area contributed by atoms with E-state index < -0.39 is 0 Å². The number of benzene rings is 2. The maximum Gasteiger partial charge on any atom is 0.297 e. The summed E-state index contributed by atoms with van der Waals surface area (Å²) < 4.78 is 5.10. The predicted molar refractivity (Wildman–Crippen MR) is 146 cm³/mol. The van der Waals surface area contributed by atoms with Crippen LogP contribution in [0.2, 0.25) is 10.0 Å². The van der Waals surface area contributed by atoms with E-state index in [-0.39, 0.29) is 5.56 Å². The summed E-state index contributed by atoms with van der Waals surface area (Å²) in [5.41, 5.74) is 4.07. The topological polar surface area (TPSA) is 56.6 Å². The number of para-hydroxylation sites is 1. The molecule has 3 heterocycles. The summed E-state index contributed by atoms with van der Waals surface area (Å²) in [5, 5.41) is 11.7. The van der Waals surface area contributed by atoms with Crippen LogP contribution in [-0.2, 0) is 7.05 Å². The van der Waals surface area contributed by atoms with Crippen molar-refractivity contribution in [1.82, 2.24) is 14.0 Å². The summed E-state index contributed by atoms with van der Waals surface area (Å²) in [4.78, 5) is 18.7. The van der Waals surface area contributed by atoms with Crippen LogP contribution in [0.5, 0.6) is 0 Å². The number of nitrogens with zero attached hydrogens (tertiary/aromatic N) is 5. The van der Waals surface area contributed by atoms with E-state index in [9.17, 15) is 4.79 Å². The first-order chi connectivity index (χ1) is 16.9. The van der Waals surface area contributed by atoms with E-state index in [1.54, 1.807) is 49.8 Å². The molecule has 10 heteroatoms. The molecule has 0 radical (unpaired) electrons. The average molecular weight is 541 g/mol. The molecule has 5 aromatic rings. The third kappa shape index (κ3) is 4.58. The molecule has 3 aromatic heterocycles. The number of rotatable bonds is 5. The summed E-state index contributed by atoms with van der Waals surface area (Å²) in [7, 11) is 1.84. The molecule has 6 nitrogen and oxygen atoms in total. The fraction of sp³-hybridized carbons (Fsp3) is 0.0800. The van der Waals surface area contributed by atoms with E-state index >= 15 is 0 Å². The molecule has 176 valence electrons. The van der Waals surface area contributed by atoms with Gasteiger partial charge in [-0.2, -0.15) is 16.4 Å². The zero-order chi connectivity index (χ0) is 24.5. The molecule has 0 fully saturated rings. The molecule has 0 aliphatic rings. The fourth-order valence-corrected chi connectivity index (χ4v) is 5.45. The molecule has 0 spiro atoms. The van der Waals surface area contributed by atoms with Crippen LogP contribution >= 0.6 is 45.9 Å². The maximum atomic E-state index is 13.4. The lowest BCUT2D eigenvalue weighted by Crippen LogP contribution is -2.19. The Morgan fingerprint density at radius 1 is 1.03 bits per heavy atom. The first kappa shape index (κ1) is 23.6. The summed E-state index contributed by atoms with van der Waals surface area (Å²) in [6, 6.07) is 16.7. The highest BCUT2D eigenvalue weighted by atomic mass is 35.5. The van der Waals surface area contributed by atoms with Gasteiger partial charge in [-0.25, -0.2) is 14.4 Å². The molecule has 0 aliphatic carbocycles. The van der Waals surface area contributed by atoms with Crippen molar-refractivity contribution in [3.05, 3.63) is 107 Å². The quantitative estimate of drug-likeness (QED) is 0.235. The summed E-state index contributed by atoms with van der Waals surface area (Å²) in [5.74, 6) is 0. The molecule has 0 saturated carbocycles. The molecular weight excluding hydrogens is 521 g/mol. The zero-order valence-electron chi connectivity index (χ0n) is 18.7. The average Bonchev–Trinajstić information content (AvgIpc) is 3.56. The van der Waals surface area contributed by atoms with Gasteiger partial charge in [-0.05, 0) is 54.1 Å². The highest BCUT2D eigenvalue weighted by Gasteiger charge is 2.17. The number of hydrogen-bond donors (Lipinski definition) is 0. The van der Waals surface area contributed by atoms with Gasteiger partial charge in [0.1, 0.15) is 0 Å². The molecule has 35 heavy (non-hydrogen) atoms. The van der Waals surface area contributed by atoms with Crippen LogP contribution in [0.15, 0.2) is 85.6 Å². The summed E-state index contributed by atoms with van der Waals surface area (Å²) in [6.45, 7) is 1.88. The van der Waals surface area contributed by atoms with Gasteiger partial charge in [-0.1, -0.05) is 41.4 Å². The summed E-state index contributed by atoms with van der Waals surface area (Å²) >= 11 is 15.7. The van der Waals surface area contributed by atoms with E-state index in [4.69, 9.17) is 33.3 Å². The minimum absolute atomic E-state index is 0.208. The largest absolute Gasteiger partial charge is 0.297 e. The fourth-order valence-electron chi connectivity index (χ4n) is 3.62. The Bertz CT molecular complexity index is 1660. The Hall–Kier alpha value is -3.17. The SMILES string of the molecule is Cc1c(N=c2scc(-c3cc(Cl)ccc3Cl)n2N=Cc2ccsc2)c(=O)n(-c2ccccc2)n1C. The Morgan fingerprint density at radius 2 is 1.83 bits per heavy atom. The standard InChI is InChI=1S/C25H19Cl2N5OS2/c1-16-23(24(33)32(30(16)2)19-6-4-3-5-7-19)29-25-31(28-13-17-10-11-34-14-17)22(15-35-25)20-12-18(26)8-9-21(20)27/h3-15H,1-2H3. The Labute approximate surface area is 219 Å². The van der Waals surface area contributed by atoms with Gasteiger partial charge < -0.3 is 0 Å². The van der Waals surface area contributed by atoms with Gasteiger partial charge in [0.15, 0.2) is 5.69 Å². The van der Waals surface area contributed by atoms with Crippen molar-refractivity contribution in [2.24, 2.45) is 17.1 Å². The monoisotopic (exact) mass is 539 g/mol. The van der Waals surface area contributed by atoms with E-state index in [0.717, 1.165) is 28.2 Å². The third-order valence-electron chi connectivity index (χ3n) is 5.49. The molecule has 0 bridgehead atoms. The van der Waals surface area contributed by atoms with Crippen molar-refractivity contribution < 1.29 is 0 Å². The zero-order valence-corrected chi connectivity index (χ0v) is 21.9. The van der Waals surface area contributed by atoms with E-state index in [2.05, 4.69) is 0 Å². The molecule has 2 aromatic carbocycles. The van der Waals surface area contributed by atoms with E-state index in [1.165, 1.54) is 11.3 Å². The molecular formula is C25H19Cl2N5OS2. The van der Waals surface area contributed by atoms with Gasteiger partial charge in [-0.3, -0.25) is 9.48 Å². The van der Waals surface area contributed by atoms with Crippen molar-refractivity contribution >= 4 is 57.8 Å². The lowest BCUT2D eigenvalue weighted by atomic mass is 10.2. The van der Waals surface area contributed by atoms with Crippen molar-refractivity contribution in [2.45, 2.75) is 6.92 Å². The van der Waals surface area contributed by atoms with Crippen LogP contribution in [-0.4, -0.2) is 20.3 Å². The van der Waals surface area contributed by atoms with E-state index in [0.29, 0.717) is 20.5 Å². The Morgan fingerprint density at radius 3 is 2.57 bits per heavy atom. The molecule has 0 N–H and O–H groups in total. The van der Waals surface area contributed by atoms with Gasteiger partial charge >= 0.3 is 0 Å². The molecule has 0 saturated heterocycles. The Kier molecular flexibility index (Phi) is 6.62. The number of thiophene rings is 1. The van der Waals surface area contributed by atoms with Crippen molar-refractivity contribution in [3.63, 3.8) is 0 Å². The number of halogens is 2. The van der Waals surface area contributed by atoms with Gasteiger partial charge in [0.2, 0.25) is 4.80 Å². The van der Waals surface area contributed by atoms with Crippen molar-refractivity contribution in [2.75, 3.05) is 0 Å². The Balaban J connectivity index is 1.73. The van der Waals surface area contributed by atoms with Gasteiger partial charge in [0.25, 0.3) is 5.56 Å². The molecule has 0 aliphatic heterocycles. The number of aromatic nitrogens is 3. The molecule has 0 amide bonds. The van der Waals surface area contributed by atoms with Crippen molar-refractivity contribution in [1.29, 1.82) is 0 Å². The lowest BCUT2D eigenvalue weighted by molar-refractivity contribution is 0.630. The lowest BCUT2D eigenvalue weighted by Gasteiger charge is -2.07. The normalized spacial score (nSPS) is 12.2. The van der Waals surface area contributed by atoms with Crippen LogP contribution in [0.3, 0.4) is 0 Å². The van der Waals surface area contributed by atoms with Crippen molar-refractivity contribution in [3.8, 4) is 16.9 Å². The first-order valence-corrected chi connectivity index (χ1v) is 13.1. The van der Waals surface area contributed by atoms with Crippen LogP contribution in [0, 0.1) is 6.92 Å². The number of thiazole rings is 1. The van der Waals surface area contributed by atoms with Gasteiger partial charge in [0.05, 0.1) is 28.3 Å². The highest BCUT2D eigenvalue weighted by molar-refractivity contribution is 7.08. The highest BCUT2D eigenvalue weighted by Crippen LogP contribution is 2.31. The predicted octanol–water partition coefficient (Wildman–Crippen LogP) is 6.50. The smallest absolute Gasteiger partial charge is 0.283 e. The van der Waals surface area contributed by atoms with Crippen LogP contribution in [0.1, 0.15) is 11.3 Å². The van der Waals surface area contributed by atoms with Crippen LogP contribution in [0.25, 0.3) is 16.9 Å².